The molecule has 144 valence electrons. The minimum Gasteiger partial charge on any atom is -0.491 e. The second-order valence-corrected chi connectivity index (χ2v) is 7.43. The van der Waals surface area contributed by atoms with E-state index in [1.165, 1.54) is 12.0 Å². The molecule has 0 bridgehead atoms. The van der Waals surface area contributed by atoms with Crippen molar-refractivity contribution in [1.82, 2.24) is 10.2 Å². The van der Waals surface area contributed by atoms with Gasteiger partial charge in [0.15, 0.2) is 0 Å². The lowest BCUT2D eigenvalue weighted by Gasteiger charge is -2.41. The maximum Gasteiger partial charge on any atom is 0.317 e. The van der Waals surface area contributed by atoms with Crippen molar-refractivity contribution in [2.45, 2.75) is 37.7 Å². The van der Waals surface area contributed by atoms with Crippen LogP contribution in [0.1, 0.15) is 37.7 Å². The topological polar surface area (TPSA) is 60.0 Å². The molecule has 2 fully saturated rings. The summed E-state index contributed by atoms with van der Waals surface area (Å²) in [5.41, 5.74) is 1.03. The molecule has 0 aliphatic carbocycles. The fourth-order valence-electron chi connectivity index (χ4n) is 3.44. The van der Waals surface area contributed by atoms with Crippen molar-refractivity contribution in [1.29, 1.82) is 0 Å². The summed E-state index contributed by atoms with van der Waals surface area (Å²) in [7, 11) is 1.66. The Bertz CT molecular complexity index is 578. The van der Waals surface area contributed by atoms with Crippen molar-refractivity contribution < 1.29 is 19.0 Å². The highest BCUT2D eigenvalue weighted by Gasteiger charge is 2.34. The molecular weight excluding hydrogens is 332 g/mol. The van der Waals surface area contributed by atoms with Gasteiger partial charge in [0.25, 0.3) is 0 Å². The molecule has 1 aromatic carbocycles. The molecule has 1 aromatic rings. The van der Waals surface area contributed by atoms with E-state index in [1.54, 1.807) is 7.11 Å². The van der Waals surface area contributed by atoms with Crippen LogP contribution in [-0.2, 0) is 9.47 Å². The molecule has 2 amide bonds. The Balaban J connectivity index is 1.39. The summed E-state index contributed by atoms with van der Waals surface area (Å²) >= 11 is 0. The van der Waals surface area contributed by atoms with Crippen LogP contribution in [0, 0.1) is 0 Å². The SMILES string of the molecule is COCCOc1ccc(C2CN(C(=O)NCC3(C)CCCCO3)C2)cc1. The molecule has 3 rings (SSSR count). The van der Waals surface area contributed by atoms with Gasteiger partial charge < -0.3 is 24.4 Å². The highest BCUT2D eigenvalue weighted by Crippen LogP contribution is 2.29. The molecule has 1 unspecified atom stereocenters. The number of nitrogens with one attached hydrogen (secondary N) is 1. The van der Waals surface area contributed by atoms with Crippen LogP contribution in [0.2, 0.25) is 0 Å². The zero-order valence-electron chi connectivity index (χ0n) is 15.8. The second kappa shape index (κ2) is 8.73. The quantitative estimate of drug-likeness (QED) is 0.758. The van der Waals surface area contributed by atoms with Crippen LogP contribution >= 0.6 is 0 Å². The third-order valence-corrected chi connectivity index (χ3v) is 5.24. The molecule has 6 heteroatoms. The summed E-state index contributed by atoms with van der Waals surface area (Å²) in [5.74, 6) is 1.25. The fraction of sp³-hybridized carbons (Fsp3) is 0.650. The number of methoxy groups -OCH3 is 1. The van der Waals surface area contributed by atoms with Gasteiger partial charge in [-0.15, -0.1) is 0 Å². The Morgan fingerprint density at radius 3 is 2.69 bits per heavy atom. The summed E-state index contributed by atoms with van der Waals surface area (Å²) in [4.78, 5) is 14.2. The highest BCUT2D eigenvalue weighted by atomic mass is 16.5. The zero-order valence-corrected chi connectivity index (χ0v) is 15.8. The van der Waals surface area contributed by atoms with E-state index in [1.807, 2.05) is 17.0 Å². The molecule has 1 atom stereocenters. The lowest BCUT2D eigenvalue weighted by atomic mass is 9.91. The third kappa shape index (κ3) is 4.89. The lowest BCUT2D eigenvalue weighted by molar-refractivity contribution is -0.0621. The number of likely N-dealkylation sites (tertiary alicyclic amines) is 1. The minimum absolute atomic E-state index is 0.0103. The van der Waals surface area contributed by atoms with Gasteiger partial charge in [-0.3, -0.25) is 0 Å². The van der Waals surface area contributed by atoms with Gasteiger partial charge in [-0.05, 0) is 43.9 Å². The molecule has 1 N–H and O–H groups in total. The van der Waals surface area contributed by atoms with E-state index >= 15 is 0 Å². The van der Waals surface area contributed by atoms with Gasteiger partial charge in [0, 0.05) is 39.3 Å². The van der Waals surface area contributed by atoms with Crippen LogP contribution < -0.4 is 10.1 Å². The van der Waals surface area contributed by atoms with Crippen LogP contribution in [-0.4, -0.2) is 63.1 Å². The summed E-state index contributed by atoms with van der Waals surface area (Å²) in [6, 6.07) is 8.14. The number of rotatable bonds is 7. The molecule has 0 spiro atoms. The summed E-state index contributed by atoms with van der Waals surface area (Å²) < 4.78 is 16.4. The molecule has 0 aromatic heterocycles. The number of nitrogens with zero attached hydrogens (tertiary/aromatic N) is 1. The van der Waals surface area contributed by atoms with E-state index in [4.69, 9.17) is 14.2 Å². The van der Waals surface area contributed by atoms with E-state index in [9.17, 15) is 4.79 Å². The summed E-state index contributed by atoms with van der Waals surface area (Å²) in [5, 5.41) is 3.03. The van der Waals surface area contributed by atoms with Crippen molar-refractivity contribution in [3.63, 3.8) is 0 Å². The van der Waals surface area contributed by atoms with Crippen LogP contribution in [0.15, 0.2) is 24.3 Å². The number of urea groups is 1. The Morgan fingerprint density at radius 2 is 2.04 bits per heavy atom. The predicted octanol–water partition coefficient (Wildman–Crippen LogP) is 2.78. The molecule has 2 aliphatic rings. The average Bonchev–Trinajstić information content (AvgIpc) is 2.61. The molecule has 2 heterocycles. The average molecular weight is 362 g/mol. The van der Waals surface area contributed by atoms with Crippen molar-refractivity contribution in [3.8, 4) is 5.75 Å². The van der Waals surface area contributed by atoms with E-state index < -0.39 is 0 Å². The normalized spacial score (nSPS) is 23.4. The number of hydrogen-bond donors (Lipinski definition) is 1. The number of carbonyl (C=O) groups excluding carboxylic acids is 1. The Hall–Kier alpha value is -1.79. The molecule has 0 saturated carbocycles. The van der Waals surface area contributed by atoms with E-state index in [0.717, 1.165) is 38.3 Å². The molecule has 2 saturated heterocycles. The highest BCUT2D eigenvalue weighted by molar-refractivity contribution is 5.75. The fourth-order valence-corrected chi connectivity index (χ4v) is 3.44. The molecule has 0 radical (unpaired) electrons. The van der Waals surface area contributed by atoms with Crippen LogP contribution in [0.25, 0.3) is 0 Å². The molecule has 26 heavy (non-hydrogen) atoms. The first-order chi connectivity index (χ1) is 12.6. The van der Waals surface area contributed by atoms with Gasteiger partial charge in [0.1, 0.15) is 12.4 Å². The predicted molar refractivity (Wildman–Crippen MR) is 99.7 cm³/mol. The van der Waals surface area contributed by atoms with Crippen molar-refractivity contribution >= 4 is 6.03 Å². The maximum absolute atomic E-state index is 12.3. The first-order valence-electron chi connectivity index (χ1n) is 9.48. The Kier molecular flexibility index (Phi) is 6.38. The second-order valence-electron chi connectivity index (χ2n) is 7.43. The molecular formula is C20H30N2O4. The first-order valence-corrected chi connectivity index (χ1v) is 9.48. The van der Waals surface area contributed by atoms with Gasteiger partial charge in [0.05, 0.1) is 12.2 Å². The number of amides is 2. The summed E-state index contributed by atoms with van der Waals surface area (Å²) in [6.45, 7) is 6.11. The number of benzene rings is 1. The van der Waals surface area contributed by atoms with Crippen LogP contribution in [0.3, 0.4) is 0 Å². The van der Waals surface area contributed by atoms with Crippen molar-refractivity contribution in [2.75, 3.05) is 46.6 Å². The van der Waals surface area contributed by atoms with Crippen molar-refractivity contribution in [3.05, 3.63) is 29.8 Å². The largest absolute Gasteiger partial charge is 0.491 e. The van der Waals surface area contributed by atoms with E-state index in [2.05, 4.69) is 24.4 Å². The summed E-state index contributed by atoms with van der Waals surface area (Å²) in [6.07, 6.45) is 3.30. The monoisotopic (exact) mass is 362 g/mol. The zero-order chi connectivity index (χ0) is 18.4. The smallest absolute Gasteiger partial charge is 0.317 e. The number of hydrogen-bond acceptors (Lipinski definition) is 4. The van der Waals surface area contributed by atoms with Gasteiger partial charge in [-0.1, -0.05) is 12.1 Å². The third-order valence-electron chi connectivity index (χ3n) is 5.24. The lowest BCUT2D eigenvalue weighted by Crippen LogP contribution is -2.55. The van der Waals surface area contributed by atoms with Crippen LogP contribution in [0.4, 0.5) is 4.79 Å². The van der Waals surface area contributed by atoms with E-state index in [0.29, 0.717) is 25.7 Å². The van der Waals surface area contributed by atoms with Crippen LogP contribution in [0.5, 0.6) is 5.75 Å². The van der Waals surface area contributed by atoms with Gasteiger partial charge >= 0.3 is 6.03 Å². The number of ether oxygens (including phenoxy) is 3. The van der Waals surface area contributed by atoms with Gasteiger partial charge in [-0.25, -0.2) is 4.79 Å². The maximum atomic E-state index is 12.3. The number of carbonyl (C=O) groups is 1. The Labute approximate surface area is 155 Å². The first kappa shape index (κ1) is 19.0. The molecule has 6 nitrogen and oxygen atoms in total. The Morgan fingerprint density at radius 1 is 1.27 bits per heavy atom. The van der Waals surface area contributed by atoms with Gasteiger partial charge in [0.2, 0.25) is 0 Å². The minimum atomic E-state index is -0.211. The standard InChI is InChI=1S/C20H30N2O4/c1-20(9-3-4-10-26-20)15-21-19(23)22-13-17(14-22)16-5-7-18(8-6-16)25-12-11-24-2/h5-8,17H,3-4,9-15H2,1-2H3,(H,21,23). The van der Waals surface area contributed by atoms with Crippen molar-refractivity contribution in [2.24, 2.45) is 0 Å². The van der Waals surface area contributed by atoms with Gasteiger partial charge in [-0.2, -0.15) is 0 Å². The van der Waals surface area contributed by atoms with E-state index in [-0.39, 0.29) is 11.6 Å². The molecule has 2 aliphatic heterocycles.